The van der Waals surface area contributed by atoms with Crippen molar-refractivity contribution in [3.8, 4) is 5.69 Å². The van der Waals surface area contributed by atoms with Crippen LogP contribution in [0, 0.1) is 0 Å². The Morgan fingerprint density at radius 3 is 2.32 bits per heavy atom. The Bertz CT molecular complexity index is 1160. The quantitative estimate of drug-likeness (QED) is 0.717. The molecule has 1 saturated carbocycles. The smallest absolute Gasteiger partial charge is 0.266 e. The maximum absolute atomic E-state index is 12.8. The van der Waals surface area contributed by atoms with Gasteiger partial charge in [-0.3, -0.25) is 4.79 Å². The number of carbonyl (C=O) groups is 1. The van der Waals surface area contributed by atoms with Gasteiger partial charge in [-0.2, -0.15) is 18.3 Å². The number of halogens is 3. The van der Waals surface area contributed by atoms with Gasteiger partial charge in [-0.15, -0.1) is 0 Å². The molecule has 28 heavy (non-hydrogen) atoms. The van der Waals surface area contributed by atoms with Crippen molar-refractivity contribution in [2.75, 3.05) is 0 Å². The van der Waals surface area contributed by atoms with Crippen molar-refractivity contribution >= 4 is 26.8 Å². The second kappa shape index (κ2) is 6.33. The summed E-state index contributed by atoms with van der Waals surface area (Å²) in [6, 6.07) is 10.9. The van der Waals surface area contributed by atoms with Crippen LogP contribution >= 0.6 is 0 Å². The number of para-hydroxylation sites is 1. The van der Waals surface area contributed by atoms with E-state index in [-0.39, 0.29) is 5.69 Å². The third kappa shape index (κ3) is 3.35. The summed E-state index contributed by atoms with van der Waals surface area (Å²) in [5.41, 5.74) is -0.134. The van der Waals surface area contributed by atoms with Crippen molar-refractivity contribution in [1.82, 2.24) is 14.5 Å². The number of nitrogens with zero attached hydrogens (tertiary/aromatic N) is 2. The topological polar surface area (TPSA) is 81.1 Å². The molecule has 2 aromatic carbocycles. The number of rotatable bonds is 4. The second-order valence-corrected chi connectivity index (χ2v) is 8.46. The van der Waals surface area contributed by atoms with Crippen LogP contribution in [-0.2, 0) is 16.2 Å². The van der Waals surface area contributed by atoms with Crippen LogP contribution in [0.25, 0.3) is 16.6 Å². The first kappa shape index (κ1) is 18.5. The van der Waals surface area contributed by atoms with Gasteiger partial charge in [-0.1, -0.05) is 18.2 Å². The molecule has 0 unspecified atom stereocenters. The Hall–Kier alpha value is -2.88. The number of hydrogen-bond donors (Lipinski definition) is 1. The lowest BCUT2D eigenvalue weighted by Gasteiger charge is -2.08. The average molecular weight is 409 g/mol. The first-order chi connectivity index (χ1) is 13.2. The zero-order chi connectivity index (χ0) is 20.1. The minimum absolute atomic E-state index is 0.111. The molecule has 0 bridgehead atoms. The molecule has 6 nitrogen and oxygen atoms in total. The predicted octanol–water partition coefficient (Wildman–Crippen LogP) is 3.27. The van der Waals surface area contributed by atoms with Gasteiger partial charge in [0.25, 0.3) is 5.91 Å². The average Bonchev–Trinajstić information content (AvgIpc) is 3.42. The fourth-order valence-electron chi connectivity index (χ4n) is 2.86. The molecule has 0 atom stereocenters. The molecular formula is C18H14F3N3O3S. The Labute approximate surface area is 158 Å². The standard InChI is InChI=1S/C18H14F3N3O3S/c19-18(20,21)11-5-7-12(8-6-11)24-15-4-2-1-3-14(15)16(22-24)17(25)23-28(26,27)13-9-10-13/h1-8,13H,9-10H2,(H,23,25). The summed E-state index contributed by atoms with van der Waals surface area (Å²) < 4.78 is 65.8. The van der Waals surface area contributed by atoms with Crippen LogP contribution < -0.4 is 4.72 Å². The SMILES string of the molecule is O=C(NS(=O)(=O)C1CC1)c1nn(-c2ccc(C(F)(F)F)cc2)c2ccccc12. The molecule has 1 N–H and O–H groups in total. The maximum atomic E-state index is 12.8. The van der Waals surface area contributed by atoms with Gasteiger partial charge in [0.15, 0.2) is 5.69 Å². The molecule has 1 fully saturated rings. The number of amides is 1. The van der Waals surface area contributed by atoms with Crippen LogP contribution in [0.2, 0.25) is 0 Å². The number of hydrogen-bond acceptors (Lipinski definition) is 4. The monoisotopic (exact) mass is 409 g/mol. The van der Waals surface area contributed by atoms with E-state index in [1.165, 1.54) is 16.8 Å². The molecule has 10 heteroatoms. The highest BCUT2D eigenvalue weighted by molar-refractivity contribution is 7.91. The summed E-state index contributed by atoms with van der Waals surface area (Å²) >= 11 is 0. The molecule has 1 aliphatic carbocycles. The van der Waals surface area contributed by atoms with E-state index in [9.17, 15) is 26.4 Å². The van der Waals surface area contributed by atoms with Crippen LogP contribution in [0.15, 0.2) is 48.5 Å². The summed E-state index contributed by atoms with van der Waals surface area (Å²) in [5.74, 6) is -0.867. The van der Waals surface area contributed by atoms with Crippen molar-refractivity contribution in [2.24, 2.45) is 0 Å². The van der Waals surface area contributed by atoms with Crippen molar-refractivity contribution in [3.63, 3.8) is 0 Å². The van der Waals surface area contributed by atoms with E-state index in [2.05, 4.69) is 5.10 Å². The van der Waals surface area contributed by atoms with Gasteiger partial charge in [0, 0.05) is 5.39 Å². The van der Waals surface area contributed by atoms with Crippen molar-refractivity contribution < 1.29 is 26.4 Å². The van der Waals surface area contributed by atoms with Crippen molar-refractivity contribution in [3.05, 3.63) is 59.8 Å². The molecular weight excluding hydrogens is 395 g/mol. The third-order valence-corrected chi connectivity index (χ3v) is 6.26. The number of alkyl halides is 3. The normalized spacial score (nSPS) is 15.0. The van der Waals surface area contributed by atoms with Gasteiger partial charge in [0.2, 0.25) is 10.0 Å². The zero-order valence-corrected chi connectivity index (χ0v) is 15.1. The Kier molecular flexibility index (Phi) is 4.18. The van der Waals surface area contributed by atoms with E-state index in [4.69, 9.17) is 0 Å². The summed E-state index contributed by atoms with van der Waals surface area (Å²) in [6.07, 6.45) is -3.46. The zero-order valence-electron chi connectivity index (χ0n) is 14.3. The van der Waals surface area contributed by atoms with E-state index in [1.807, 2.05) is 4.72 Å². The summed E-state index contributed by atoms with van der Waals surface area (Å²) in [4.78, 5) is 12.5. The lowest BCUT2D eigenvalue weighted by Crippen LogP contribution is -2.33. The van der Waals surface area contributed by atoms with Crippen LogP contribution in [0.3, 0.4) is 0 Å². The van der Waals surface area contributed by atoms with Gasteiger partial charge >= 0.3 is 6.18 Å². The van der Waals surface area contributed by atoms with Gasteiger partial charge in [-0.05, 0) is 43.2 Å². The number of nitrogens with one attached hydrogen (secondary N) is 1. The Balaban J connectivity index is 1.75. The second-order valence-electron chi connectivity index (χ2n) is 6.50. The first-order valence-electron chi connectivity index (χ1n) is 8.38. The summed E-state index contributed by atoms with van der Waals surface area (Å²) in [7, 11) is -3.75. The lowest BCUT2D eigenvalue weighted by molar-refractivity contribution is -0.137. The lowest BCUT2D eigenvalue weighted by atomic mass is 10.2. The minimum atomic E-state index is -4.47. The van der Waals surface area contributed by atoms with Crippen LogP contribution in [0.5, 0.6) is 0 Å². The highest BCUT2D eigenvalue weighted by Gasteiger charge is 2.37. The maximum Gasteiger partial charge on any atom is 0.416 e. The third-order valence-electron chi connectivity index (χ3n) is 4.44. The van der Waals surface area contributed by atoms with Gasteiger partial charge in [0.1, 0.15) is 0 Å². The molecule has 1 amide bonds. The molecule has 0 aliphatic heterocycles. The van der Waals surface area contributed by atoms with E-state index < -0.39 is 32.9 Å². The Morgan fingerprint density at radius 2 is 1.71 bits per heavy atom. The number of aromatic nitrogens is 2. The Morgan fingerprint density at radius 1 is 1.07 bits per heavy atom. The number of fused-ring (bicyclic) bond motifs is 1. The van der Waals surface area contributed by atoms with Gasteiger partial charge in [-0.25, -0.2) is 17.8 Å². The predicted molar refractivity (Wildman–Crippen MR) is 95.5 cm³/mol. The van der Waals surface area contributed by atoms with Gasteiger partial charge < -0.3 is 0 Å². The summed E-state index contributed by atoms with van der Waals surface area (Å²) in [6.45, 7) is 0. The number of benzene rings is 2. The minimum Gasteiger partial charge on any atom is -0.266 e. The molecule has 0 radical (unpaired) electrons. The largest absolute Gasteiger partial charge is 0.416 e. The van der Waals surface area contributed by atoms with E-state index in [0.29, 0.717) is 29.4 Å². The van der Waals surface area contributed by atoms with Crippen LogP contribution in [-0.4, -0.2) is 29.4 Å². The molecule has 0 spiro atoms. The van der Waals surface area contributed by atoms with Crippen LogP contribution in [0.1, 0.15) is 28.9 Å². The molecule has 1 aliphatic rings. The van der Waals surface area contributed by atoms with Gasteiger partial charge in [0.05, 0.1) is 22.0 Å². The molecule has 1 heterocycles. The molecule has 3 aromatic rings. The highest BCUT2D eigenvalue weighted by Crippen LogP contribution is 2.31. The molecule has 1 aromatic heterocycles. The summed E-state index contributed by atoms with van der Waals surface area (Å²) in [5, 5.41) is 4.00. The van der Waals surface area contributed by atoms with E-state index in [0.717, 1.165) is 12.1 Å². The molecule has 4 rings (SSSR count). The first-order valence-corrected chi connectivity index (χ1v) is 9.93. The van der Waals surface area contributed by atoms with E-state index >= 15 is 0 Å². The highest BCUT2D eigenvalue weighted by atomic mass is 32.2. The van der Waals surface area contributed by atoms with Crippen molar-refractivity contribution in [1.29, 1.82) is 0 Å². The molecule has 0 saturated heterocycles. The van der Waals surface area contributed by atoms with E-state index in [1.54, 1.807) is 24.3 Å². The van der Waals surface area contributed by atoms with Crippen molar-refractivity contribution in [2.45, 2.75) is 24.3 Å². The number of sulfonamides is 1. The number of carbonyl (C=O) groups excluding carboxylic acids is 1. The molecule has 146 valence electrons. The fourth-order valence-corrected chi connectivity index (χ4v) is 4.14. The fraction of sp³-hybridized carbons (Fsp3) is 0.222. The van der Waals surface area contributed by atoms with Crippen LogP contribution in [0.4, 0.5) is 13.2 Å².